The summed E-state index contributed by atoms with van der Waals surface area (Å²) < 4.78 is 0.598. The van der Waals surface area contributed by atoms with E-state index in [-0.39, 0.29) is 10.8 Å². The molecule has 2 aromatic rings. The molecule has 0 spiro atoms. The Morgan fingerprint density at radius 3 is 2.57 bits per heavy atom. The van der Waals surface area contributed by atoms with Gasteiger partial charge in [0.05, 0.1) is 0 Å². The zero-order valence-corrected chi connectivity index (χ0v) is 8.69. The molecule has 0 aliphatic heterocycles. The van der Waals surface area contributed by atoms with Gasteiger partial charge in [-0.1, -0.05) is 41.3 Å². The summed E-state index contributed by atoms with van der Waals surface area (Å²) in [5, 5.41) is 9.33. The molecule has 72 valence electrons. The quantitative estimate of drug-likeness (QED) is 0.824. The molecular weight excluding hydrogens is 218 g/mol. The van der Waals surface area contributed by atoms with Gasteiger partial charge in [-0.05, 0) is 12.1 Å². The van der Waals surface area contributed by atoms with Crippen molar-refractivity contribution < 1.29 is 5.11 Å². The smallest absolute Gasteiger partial charge is 0.308 e. The monoisotopic (exact) mass is 225 g/mol. The second-order valence-electron chi connectivity index (χ2n) is 2.57. The van der Waals surface area contributed by atoms with Crippen LogP contribution < -0.4 is 4.87 Å². The van der Waals surface area contributed by atoms with Crippen LogP contribution in [-0.2, 0) is 0 Å². The van der Waals surface area contributed by atoms with Crippen molar-refractivity contribution in [3.05, 3.63) is 40.0 Å². The minimum absolute atomic E-state index is 0.0474. The molecule has 0 unspecified atom stereocenters. The first-order valence-corrected chi connectivity index (χ1v) is 5.54. The number of thiazole rings is 1. The first kappa shape index (κ1) is 9.36. The number of aromatic hydroxyl groups is 1. The molecule has 2 N–H and O–H groups in total. The van der Waals surface area contributed by atoms with Crippen LogP contribution in [0.2, 0.25) is 0 Å². The van der Waals surface area contributed by atoms with Crippen LogP contribution in [0.15, 0.2) is 44.2 Å². The molecule has 14 heavy (non-hydrogen) atoms. The van der Waals surface area contributed by atoms with Crippen molar-refractivity contribution in [3.63, 3.8) is 0 Å². The van der Waals surface area contributed by atoms with Gasteiger partial charge in [-0.25, -0.2) is 0 Å². The highest BCUT2D eigenvalue weighted by Crippen LogP contribution is 2.34. The molecular formula is C9H7NO2S2. The summed E-state index contributed by atoms with van der Waals surface area (Å²) in [6.07, 6.45) is 0. The maximum absolute atomic E-state index is 10.9. The molecule has 1 aromatic heterocycles. The zero-order chi connectivity index (χ0) is 9.97. The van der Waals surface area contributed by atoms with Gasteiger partial charge in [0.15, 0.2) is 0 Å². The predicted octanol–water partition coefficient (Wildman–Crippen LogP) is 2.29. The van der Waals surface area contributed by atoms with Crippen molar-refractivity contribution in [1.29, 1.82) is 0 Å². The fraction of sp³-hybridized carbons (Fsp3) is 0. The van der Waals surface area contributed by atoms with Crippen molar-refractivity contribution in [2.45, 2.75) is 9.10 Å². The van der Waals surface area contributed by atoms with Crippen molar-refractivity contribution in [3.8, 4) is 5.88 Å². The van der Waals surface area contributed by atoms with Gasteiger partial charge in [0.25, 0.3) is 0 Å². The summed E-state index contributed by atoms with van der Waals surface area (Å²) in [4.78, 5) is 14.0. The molecule has 0 saturated carbocycles. The lowest BCUT2D eigenvalue weighted by Gasteiger charge is -1.96. The van der Waals surface area contributed by atoms with Crippen LogP contribution in [-0.4, -0.2) is 10.1 Å². The Balaban J connectivity index is 2.27. The highest BCUT2D eigenvalue weighted by Gasteiger charge is 2.07. The number of H-pyrrole nitrogens is 1. The van der Waals surface area contributed by atoms with E-state index < -0.39 is 0 Å². The Labute approximate surface area is 88.4 Å². The minimum atomic E-state index is -0.235. The van der Waals surface area contributed by atoms with E-state index >= 15 is 0 Å². The van der Waals surface area contributed by atoms with E-state index in [1.807, 2.05) is 30.3 Å². The Morgan fingerprint density at radius 2 is 2.00 bits per heavy atom. The summed E-state index contributed by atoms with van der Waals surface area (Å²) in [6.45, 7) is 0. The maximum atomic E-state index is 10.9. The van der Waals surface area contributed by atoms with Crippen molar-refractivity contribution in [1.82, 2.24) is 4.98 Å². The molecule has 0 amide bonds. The molecule has 0 aliphatic rings. The van der Waals surface area contributed by atoms with Gasteiger partial charge >= 0.3 is 4.87 Å². The summed E-state index contributed by atoms with van der Waals surface area (Å²) in [5.41, 5.74) is 0. The average molecular weight is 225 g/mol. The maximum Gasteiger partial charge on any atom is 0.308 e. The second-order valence-corrected chi connectivity index (χ2v) is 4.89. The summed E-state index contributed by atoms with van der Waals surface area (Å²) >= 11 is 2.38. The van der Waals surface area contributed by atoms with Crippen LogP contribution in [0.1, 0.15) is 0 Å². The van der Waals surface area contributed by atoms with Gasteiger partial charge < -0.3 is 5.11 Å². The van der Waals surface area contributed by atoms with Gasteiger partial charge in [-0.3, -0.25) is 9.78 Å². The SMILES string of the molecule is O=c1[nH]c(O)c(Sc2ccccc2)s1. The van der Waals surface area contributed by atoms with Crippen LogP contribution in [0.25, 0.3) is 0 Å². The van der Waals surface area contributed by atoms with Crippen LogP contribution in [0.5, 0.6) is 5.88 Å². The molecule has 0 aliphatic carbocycles. The van der Waals surface area contributed by atoms with Crippen molar-refractivity contribution in [2.24, 2.45) is 0 Å². The third-order valence-corrected chi connectivity index (χ3v) is 3.61. The Bertz CT molecular complexity index is 475. The topological polar surface area (TPSA) is 53.1 Å². The standard InChI is InChI=1S/C9H7NO2S2/c11-7-8(14-9(12)10-7)13-6-4-2-1-3-5-6/h1-5,11H,(H,10,12). The van der Waals surface area contributed by atoms with Crippen molar-refractivity contribution >= 4 is 23.1 Å². The van der Waals surface area contributed by atoms with Crippen LogP contribution in [0.4, 0.5) is 0 Å². The van der Waals surface area contributed by atoms with Gasteiger partial charge in [0, 0.05) is 4.90 Å². The Morgan fingerprint density at radius 1 is 1.29 bits per heavy atom. The van der Waals surface area contributed by atoms with E-state index in [2.05, 4.69) is 4.98 Å². The van der Waals surface area contributed by atoms with Crippen LogP contribution >= 0.6 is 23.1 Å². The number of nitrogens with one attached hydrogen (secondary N) is 1. The molecule has 0 atom stereocenters. The van der Waals surface area contributed by atoms with E-state index in [0.717, 1.165) is 16.2 Å². The molecule has 0 bridgehead atoms. The molecule has 5 heteroatoms. The first-order valence-electron chi connectivity index (χ1n) is 3.90. The van der Waals surface area contributed by atoms with Gasteiger partial charge in [-0.2, -0.15) is 0 Å². The lowest BCUT2D eigenvalue weighted by atomic mass is 10.4. The van der Waals surface area contributed by atoms with Gasteiger partial charge in [0.2, 0.25) is 5.88 Å². The molecule has 1 heterocycles. The van der Waals surface area contributed by atoms with E-state index in [1.165, 1.54) is 11.8 Å². The molecule has 3 nitrogen and oxygen atoms in total. The summed E-state index contributed by atoms with van der Waals surface area (Å²) in [6, 6.07) is 9.59. The fourth-order valence-corrected chi connectivity index (χ4v) is 2.77. The number of aromatic nitrogens is 1. The fourth-order valence-electron chi connectivity index (χ4n) is 0.970. The lowest BCUT2D eigenvalue weighted by molar-refractivity contribution is 0.445. The largest absolute Gasteiger partial charge is 0.493 e. The molecule has 0 radical (unpaired) electrons. The van der Waals surface area contributed by atoms with Crippen LogP contribution in [0, 0.1) is 0 Å². The summed E-state index contributed by atoms with van der Waals surface area (Å²) in [7, 11) is 0. The highest BCUT2D eigenvalue weighted by molar-refractivity contribution is 8.01. The molecule has 0 fully saturated rings. The minimum Gasteiger partial charge on any atom is -0.493 e. The average Bonchev–Trinajstić information content (AvgIpc) is 2.47. The van der Waals surface area contributed by atoms with Gasteiger partial charge in [0.1, 0.15) is 4.21 Å². The molecule has 1 aromatic carbocycles. The number of hydrogen-bond donors (Lipinski definition) is 2. The third-order valence-electron chi connectivity index (χ3n) is 1.55. The van der Waals surface area contributed by atoms with Gasteiger partial charge in [-0.15, -0.1) is 0 Å². The van der Waals surface area contributed by atoms with E-state index in [0.29, 0.717) is 4.21 Å². The highest BCUT2D eigenvalue weighted by atomic mass is 32.2. The Kier molecular flexibility index (Phi) is 2.60. The normalized spacial score (nSPS) is 10.3. The number of benzene rings is 1. The van der Waals surface area contributed by atoms with E-state index in [4.69, 9.17) is 0 Å². The number of aromatic amines is 1. The number of hydrogen-bond acceptors (Lipinski definition) is 4. The van der Waals surface area contributed by atoms with E-state index in [1.54, 1.807) is 0 Å². The second kappa shape index (κ2) is 3.89. The molecule has 0 saturated heterocycles. The Hall–Kier alpha value is -1.20. The lowest BCUT2D eigenvalue weighted by Crippen LogP contribution is -1.89. The zero-order valence-electron chi connectivity index (χ0n) is 7.06. The third kappa shape index (κ3) is 2.00. The molecule has 2 rings (SSSR count). The first-order chi connectivity index (χ1) is 6.75. The van der Waals surface area contributed by atoms with E-state index in [9.17, 15) is 9.90 Å². The van der Waals surface area contributed by atoms with Crippen molar-refractivity contribution in [2.75, 3.05) is 0 Å². The van der Waals surface area contributed by atoms with Crippen LogP contribution in [0.3, 0.4) is 0 Å². The number of rotatable bonds is 2. The summed E-state index contributed by atoms with van der Waals surface area (Å²) in [5.74, 6) is -0.0474. The predicted molar refractivity (Wildman–Crippen MR) is 57.2 cm³/mol.